The number of anilines is 1. The average molecular weight is 442 g/mol. The van der Waals surface area contributed by atoms with E-state index in [4.69, 9.17) is 0 Å². The fourth-order valence-electron chi connectivity index (χ4n) is 1.23. The number of thiophene rings is 1. The van der Waals surface area contributed by atoms with Gasteiger partial charge in [-0.1, -0.05) is 0 Å². The zero-order chi connectivity index (χ0) is 12.4. The third-order valence-corrected chi connectivity index (χ3v) is 5.79. The van der Waals surface area contributed by atoms with Gasteiger partial charge >= 0.3 is 0 Å². The Kier molecular flexibility index (Phi) is 4.57. The van der Waals surface area contributed by atoms with E-state index in [-0.39, 0.29) is 0 Å². The van der Waals surface area contributed by atoms with Crippen LogP contribution >= 0.6 is 59.1 Å². The second kappa shape index (κ2) is 5.77. The van der Waals surface area contributed by atoms with Crippen LogP contribution in [-0.2, 0) is 0 Å². The summed E-state index contributed by atoms with van der Waals surface area (Å²) in [6.45, 7) is 2.86. The SMILES string of the molecule is CCNc1nc(-c2cc(Br)c(Br)s2)ncc1Br. The highest BCUT2D eigenvalue weighted by atomic mass is 79.9. The molecule has 2 heterocycles. The molecule has 3 nitrogen and oxygen atoms in total. The Labute approximate surface area is 128 Å². The minimum atomic E-state index is 0.723. The number of halogens is 3. The van der Waals surface area contributed by atoms with Crippen LogP contribution in [0, 0.1) is 0 Å². The fourth-order valence-corrected chi connectivity index (χ4v) is 3.54. The Bertz CT molecular complexity index is 522. The van der Waals surface area contributed by atoms with Crippen LogP contribution in [0.15, 0.2) is 25.0 Å². The van der Waals surface area contributed by atoms with E-state index in [0.29, 0.717) is 0 Å². The summed E-state index contributed by atoms with van der Waals surface area (Å²) in [5.74, 6) is 1.54. The number of rotatable bonds is 3. The summed E-state index contributed by atoms with van der Waals surface area (Å²) in [6, 6.07) is 2.01. The maximum Gasteiger partial charge on any atom is 0.171 e. The van der Waals surface area contributed by atoms with Gasteiger partial charge in [-0.3, -0.25) is 0 Å². The van der Waals surface area contributed by atoms with Crippen molar-refractivity contribution in [1.82, 2.24) is 9.97 Å². The lowest BCUT2D eigenvalue weighted by Gasteiger charge is -2.05. The molecule has 0 fully saturated rings. The smallest absolute Gasteiger partial charge is 0.171 e. The molecule has 17 heavy (non-hydrogen) atoms. The van der Waals surface area contributed by atoms with Crippen molar-refractivity contribution >= 4 is 64.9 Å². The molecular formula is C10H8Br3N3S. The first-order chi connectivity index (χ1) is 8.11. The van der Waals surface area contributed by atoms with Crippen LogP contribution in [-0.4, -0.2) is 16.5 Å². The van der Waals surface area contributed by atoms with Gasteiger partial charge in [-0.25, -0.2) is 9.97 Å². The molecule has 0 saturated carbocycles. The lowest BCUT2D eigenvalue weighted by atomic mass is 10.4. The molecule has 2 aromatic heterocycles. The summed E-state index contributed by atoms with van der Waals surface area (Å²) in [6.07, 6.45) is 1.77. The molecule has 0 aliphatic rings. The van der Waals surface area contributed by atoms with E-state index in [2.05, 4.69) is 63.1 Å². The zero-order valence-corrected chi connectivity index (χ0v) is 14.4. The summed E-state index contributed by atoms with van der Waals surface area (Å²) in [7, 11) is 0. The van der Waals surface area contributed by atoms with Gasteiger partial charge in [-0.2, -0.15) is 0 Å². The molecule has 2 aromatic rings. The first kappa shape index (κ1) is 13.5. The largest absolute Gasteiger partial charge is 0.369 e. The topological polar surface area (TPSA) is 37.8 Å². The Morgan fingerprint density at radius 2 is 2.06 bits per heavy atom. The lowest BCUT2D eigenvalue weighted by molar-refractivity contribution is 1.11. The molecule has 0 spiro atoms. The molecule has 7 heteroatoms. The highest BCUT2D eigenvalue weighted by Crippen LogP contribution is 2.37. The van der Waals surface area contributed by atoms with Crippen molar-refractivity contribution in [2.45, 2.75) is 6.92 Å². The minimum absolute atomic E-state index is 0.723. The van der Waals surface area contributed by atoms with Crippen molar-refractivity contribution in [1.29, 1.82) is 0 Å². The molecule has 90 valence electrons. The molecule has 0 aromatic carbocycles. The first-order valence-corrected chi connectivity index (χ1v) is 8.03. The summed E-state index contributed by atoms with van der Waals surface area (Å²) in [5.41, 5.74) is 0. The molecule has 0 saturated heterocycles. The molecular weight excluding hydrogens is 434 g/mol. The van der Waals surface area contributed by atoms with E-state index in [1.807, 2.05) is 13.0 Å². The molecule has 0 unspecified atom stereocenters. The number of nitrogens with zero attached hydrogens (tertiary/aromatic N) is 2. The Balaban J connectivity index is 2.42. The number of hydrogen-bond donors (Lipinski definition) is 1. The summed E-state index contributed by atoms with van der Waals surface area (Å²) >= 11 is 12.0. The second-order valence-corrected chi connectivity index (χ2v) is 7.23. The van der Waals surface area contributed by atoms with Crippen molar-refractivity contribution in [3.05, 3.63) is 25.0 Å². The van der Waals surface area contributed by atoms with Crippen molar-refractivity contribution in [3.63, 3.8) is 0 Å². The zero-order valence-electron chi connectivity index (χ0n) is 8.80. The van der Waals surface area contributed by atoms with Crippen molar-refractivity contribution in [3.8, 4) is 10.7 Å². The van der Waals surface area contributed by atoms with E-state index in [1.54, 1.807) is 17.5 Å². The molecule has 2 rings (SSSR count). The predicted octanol–water partition coefficient (Wildman–Crippen LogP) is 4.92. The van der Waals surface area contributed by atoms with Gasteiger partial charge in [0, 0.05) is 17.2 Å². The minimum Gasteiger partial charge on any atom is -0.369 e. The number of aromatic nitrogens is 2. The van der Waals surface area contributed by atoms with E-state index in [0.717, 1.165) is 35.8 Å². The first-order valence-electron chi connectivity index (χ1n) is 4.83. The summed E-state index contributed by atoms with van der Waals surface area (Å²) in [5, 5.41) is 3.19. The van der Waals surface area contributed by atoms with E-state index < -0.39 is 0 Å². The Hall–Kier alpha value is 0.0200. The van der Waals surface area contributed by atoms with Gasteiger partial charge in [0.15, 0.2) is 5.82 Å². The van der Waals surface area contributed by atoms with Crippen LogP contribution in [0.3, 0.4) is 0 Å². The highest BCUT2D eigenvalue weighted by molar-refractivity contribution is 9.13. The van der Waals surface area contributed by atoms with Crippen molar-refractivity contribution in [2.75, 3.05) is 11.9 Å². The molecule has 0 aliphatic carbocycles. The Morgan fingerprint density at radius 1 is 1.29 bits per heavy atom. The van der Waals surface area contributed by atoms with Crippen molar-refractivity contribution < 1.29 is 0 Å². The van der Waals surface area contributed by atoms with Gasteiger partial charge in [0.1, 0.15) is 5.82 Å². The standard InChI is InChI=1S/C10H8Br3N3S/c1-2-14-9-6(12)4-15-10(16-9)7-3-5(11)8(13)17-7/h3-4H,2H2,1H3,(H,14,15,16). The third kappa shape index (κ3) is 3.07. The third-order valence-electron chi connectivity index (χ3n) is 1.95. The van der Waals surface area contributed by atoms with Gasteiger partial charge < -0.3 is 5.32 Å². The van der Waals surface area contributed by atoms with Gasteiger partial charge in [-0.05, 0) is 60.8 Å². The van der Waals surface area contributed by atoms with Crippen LogP contribution < -0.4 is 5.32 Å². The lowest BCUT2D eigenvalue weighted by Crippen LogP contribution is -2.01. The molecule has 0 atom stereocenters. The van der Waals surface area contributed by atoms with E-state index in [9.17, 15) is 0 Å². The fraction of sp³-hybridized carbons (Fsp3) is 0.200. The number of hydrogen-bond acceptors (Lipinski definition) is 4. The molecule has 1 N–H and O–H groups in total. The maximum atomic E-state index is 4.49. The normalized spacial score (nSPS) is 10.6. The summed E-state index contributed by atoms with van der Waals surface area (Å²) < 4.78 is 2.94. The monoisotopic (exact) mass is 439 g/mol. The van der Waals surface area contributed by atoms with Gasteiger partial charge in [0.2, 0.25) is 0 Å². The van der Waals surface area contributed by atoms with Gasteiger partial charge in [0.05, 0.1) is 13.1 Å². The molecule has 0 radical (unpaired) electrons. The Morgan fingerprint density at radius 3 is 2.65 bits per heavy atom. The summed E-state index contributed by atoms with van der Waals surface area (Å²) in [4.78, 5) is 9.83. The van der Waals surface area contributed by atoms with Crippen LogP contribution in [0.5, 0.6) is 0 Å². The van der Waals surface area contributed by atoms with Crippen LogP contribution in [0.2, 0.25) is 0 Å². The van der Waals surface area contributed by atoms with Gasteiger partial charge in [-0.15, -0.1) is 11.3 Å². The quantitative estimate of drug-likeness (QED) is 0.734. The molecule has 0 aliphatic heterocycles. The number of nitrogens with one attached hydrogen (secondary N) is 1. The van der Waals surface area contributed by atoms with Crippen LogP contribution in [0.4, 0.5) is 5.82 Å². The molecule has 0 bridgehead atoms. The highest BCUT2D eigenvalue weighted by Gasteiger charge is 2.11. The molecule has 0 amide bonds. The van der Waals surface area contributed by atoms with Crippen molar-refractivity contribution in [2.24, 2.45) is 0 Å². The predicted molar refractivity (Wildman–Crippen MR) is 82.6 cm³/mol. The van der Waals surface area contributed by atoms with E-state index >= 15 is 0 Å². The maximum absolute atomic E-state index is 4.49. The van der Waals surface area contributed by atoms with Gasteiger partial charge in [0.25, 0.3) is 0 Å². The van der Waals surface area contributed by atoms with E-state index in [1.165, 1.54) is 0 Å². The van der Waals surface area contributed by atoms with Crippen LogP contribution in [0.1, 0.15) is 6.92 Å². The average Bonchev–Trinajstić information content (AvgIpc) is 2.63. The second-order valence-electron chi connectivity index (χ2n) is 3.15. The van der Waals surface area contributed by atoms with Crippen LogP contribution in [0.25, 0.3) is 10.7 Å².